The zero-order valence-electron chi connectivity index (χ0n) is 14.3. The second kappa shape index (κ2) is 6.67. The Bertz CT molecular complexity index is 631. The minimum Gasteiger partial charge on any atom is -0.306 e. The lowest BCUT2D eigenvalue weighted by Gasteiger charge is -2.35. The van der Waals surface area contributed by atoms with Crippen molar-refractivity contribution in [3.63, 3.8) is 0 Å². The summed E-state index contributed by atoms with van der Waals surface area (Å²) in [6, 6.07) is 6.85. The van der Waals surface area contributed by atoms with E-state index in [0.29, 0.717) is 11.8 Å². The van der Waals surface area contributed by atoms with Gasteiger partial charge >= 0.3 is 0 Å². The van der Waals surface area contributed by atoms with Crippen LogP contribution in [0.4, 0.5) is 0 Å². The van der Waals surface area contributed by atoms with Gasteiger partial charge in [-0.1, -0.05) is 33.3 Å². The fourth-order valence-corrected chi connectivity index (χ4v) is 4.96. The largest absolute Gasteiger partial charge is 0.306 e. The number of aromatic nitrogens is 1. The molecule has 3 heteroatoms. The van der Waals surface area contributed by atoms with Crippen LogP contribution in [0.3, 0.4) is 0 Å². The highest BCUT2D eigenvalue weighted by Crippen LogP contribution is 2.38. The van der Waals surface area contributed by atoms with Crippen LogP contribution in [-0.4, -0.2) is 30.0 Å². The molecule has 2 atom stereocenters. The highest BCUT2D eigenvalue weighted by atomic mass is 32.1. The summed E-state index contributed by atoms with van der Waals surface area (Å²) in [6.45, 7) is 9.32. The van der Waals surface area contributed by atoms with Crippen molar-refractivity contribution >= 4 is 21.6 Å². The first-order valence-corrected chi connectivity index (χ1v) is 9.46. The van der Waals surface area contributed by atoms with E-state index >= 15 is 0 Å². The van der Waals surface area contributed by atoms with Crippen LogP contribution in [0.25, 0.3) is 10.2 Å². The van der Waals surface area contributed by atoms with Crippen molar-refractivity contribution in [2.45, 2.75) is 46.0 Å². The zero-order valence-corrected chi connectivity index (χ0v) is 15.1. The van der Waals surface area contributed by atoms with E-state index in [1.165, 1.54) is 46.7 Å². The molecule has 1 aromatic carbocycles. The van der Waals surface area contributed by atoms with Crippen LogP contribution >= 0.6 is 11.3 Å². The molecule has 22 heavy (non-hydrogen) atoms. The van der Waals surface area contributed by atoms with Crippen LogP contribution < -0.4 is 0 Å². The molecule has 1 saturated heterocycles. The molecule has 2 heterocycles. The van der Waals surface area contributed by atoms with Gasteiger partial charge in [-0.05, 0) is 56.0 Å². The minimum atomic E-state index is 0.659. The van der Waals surface area contributed by atoms with Crippen LogP contribution in [0.15, 0.2) is 18.2 Å². The van der Waals surface area contributed by atoms with Gasteiger partial charge in [0, 0.05) is 12.5 Å². The maximum Gasteiger partial charge on any atom is 0.0973 e. The number of nitrogens with zero attached hydrogens (tertiary/aromatic N) is 2. The summed E-state index contributed by atoms with van der Waals surface area (Å²) < 4.78 is 1.38. The predicted molar refractivity (Wildman–Crippen MR) is 96.8 cm³/mol. The molecule has 0 bridgehead atoms. The van der Waals surface area contributed by atoms with Crippen LogP contribution in [0.1, 0.15) is 50.1 Å². The number of fused-ring (bicyclic) bond motifs is 1. The second-order valence-corrected chi connectivity index (χ2v) is 8.34. The van der Waals surface area contributed by atoms with Crippen molar-refractivity contribution in [2.75, 3.05) is 20.1 Å². The van der Waals surface area contributed by atoms with E-state index in [0.717, 1.165) is 12.3 Å². The molecule has 0 unspecified atom stereocenters. The summed E-state index contributed by atoms with van der Waals surface area (Å²) in [7, 11) is 2.25. The molecule has 0 saturated carbocycles. The van der Waals surface area contributed by atoms with E-state index in [2.05, 4.69) is 50.9 Å². The maximum atomic E-state index is 4.98. The molecule has 1 fully saturated rings. The number of rotatable bonds is 4. The van der Waals surface area contributed by atoms with Gasteiger partial charge in [-0.15, -0.1) is 11.3 Å². The number of hydrogen-bond donors (Lipinski definition) is 0. The van der Waals surface area contributed by atoms with Gasteiger partial charge < -0.3 is 4.90 Å². The van der Waals surface area contributed by atoms with Gasteiger partial charge in [0.1, 0.15) is 0 Å². The molecule has 0 radical (unpaired) electrons. The Balaban J connectivity index is 1.87. The Morgan fingerprint density at radius 2 is 2.18 bits per heavy atom. The summed E-state index contributed by atoms with van der Waals surface area (Å²) in [5.41, 5.74) is 2.65. The summed E-state index contributed by atoms with van der Waals surface area (Å²) in [5, 5.41) is 1.37. The molecule has 0 amide bonds. The summed E-state index contributed by atoms with van der Waals surface area (Å²) in [4.78, 5) is 7.45. The van der Waals surface area contributed by atoms with Gasteiger partial charge in [0.15, 0.2) is 0 Å². The SMILES string of the molecule is CC[C@@H]1CN(C)CC[C@H]1c1nc2ccc(CC(C)C)cc2s1. The topological polar surface area (TPSA) is 16.1 Å². The van der Waals surface area contributed by atoms with Crippen molar-refractivity contribution in [1.82, 2.24) is 9.88 Å². The lowest BCUT2D eigenvalue weighted by Crippen LogP contribution is -2.36. The first-order valence-electron chi connectivity index (χ1n) is 8.64. The molecule has 0 spiro atoms. The average molecular weight is 317 g/mol. The molecule has 1 aliphatic rings. The number of piperidine rings is 1. The summed E-state index contributed by atoms with van der Waals surface area (Å²) in [6.07, 6.45) is 3.67. The van der Waals surface area contributed by atoms with E-state index in [4.69, 9.17) is 4.98 Å². The standard InChI is InChI=1S/C19H28N2S/c1-5-15-12-21(4)9-8-16(15)19-20-17-7-6-14(10-13(2)3)11-18(17)22-19/h6-7,11,13,15-16H,5,8-10,12H2,1-4H3/t15-,16-/m1/s1. The van der Waals surface area contributed by atoms with Gasteiger partial charge in [-0.2, -0.15) is 0 Å². The number of thiazole rings is 1. The van der Waals surface area contributed by atoms with Gasteiger partial charge in [0.05, 0.1) is 15.2 Å². The Labute approximate surface area is 138 Å². The fourth-order valence-electron chi connectivity index (χ4n) is 3.70. The molecular formula is C19H28N2S. The minimum absolute atomic E-state index is 0.659. The molecular weight excluding hydrogens is 288 g/mol. The lowest BCUT2D eigenvalue weighted by atomic mass is 9.84. The highest BCUT2D eigenvalue weighted by molar-refractivity contribution is 7.18. The third-order valence-corrected chi connectivity index (χ3v) is 6.04. The Hall–Kier alpha value is -0.930. The van der Waals surface area contributed by atoms with E-state index in [9.17, 15) is 0 Å². The van der Waals surface area contributed by atoms with E-state index in [1.807, 2.05) is 11.3 Å². The molecule has 3 rings (SSSR count). The van der Waals surface area contributed by atoms with Crippen LogP contribution in [0.2, 0.25) is 0 Å². The third-order valence-electron chi connectivity index (χ3n) is 4.89. The monoisotopic (exact) mass is 316 g/mol. The summed E-state index contributed by atoms with van der Waals surface area (Å²) in [5.74, 6) is 2.13. The normalized spacial score (nSPS) is 23.5. The average Bonchev–Trinajstić information content (AvgIpc) is 2.89. The molecule has 120 valence electrons. The van der Waals surface area contributed by atoms with Gasteiger partial charge in [0.2, 0.25) is 0 Å². The van der Waals surface area contributed by atoms with Crippen molar-refractivity contribution in [1.29, 1.82) is 0 Å². The van der Waals surface area contributed by atoms with Crippen molar-refractivity contribution in [3.05, 3.63) is 28.8 Å². The lowest BCUT2D eigenvalue weighted by molar-refractivity contribution is 0.180. The van der Waals surface area contributed by atoms with Gasteiger partial charge in [0.25, 0.3) is 0 Å². The van der Waals surface area contributed by atoms with Gasteiger partial charge in [-0.3, -0.25) is 0 Å². The zero-order chi connectivity index (χ0) is 15.7. The highest BCUT2D eigenvalue weighted by Gasteiger charge is 2.29. The molecule has 0 aliphatic carbocycles. The van der Waals surface area contributed by atoms with Crippen molar-refractivity contribution in [3.8, 4) is 0 Å². The second-order valence-electron chi connectivity index (χ2n) is 7.28. The molecule has 2 aromatic rings. The van der Waals surface area contributed by atoms with Crippen molar-refractivity contribution < 1.29 is 0 Å². The van der Waals surface area contributed by atoms with Crippen molar-refractivity contribution in [2.24, 2.45) is 11.8 Å². The third kappa shape index (κ3) is 3.36. The Morgan fingerprint density at radius 3 is 2.91 bits per heavy atom. The number of benzene rings is 1. The summed E-state index contributed by atoms with van der Waals surface area (Å²) >= 11 is 1.94. The van der Waals surface area contributed by atoms with E-state index in [1.54, 1.807) is 0 Å². The molecule has 1 aliphatic heterocycles. The first kappa shape index (κ1) is 15.9. The first-order chi connectivity index (χ1) is 10.6. The van der Waals surface area contributed by atoms with Crippen LogP contribution in [-0.2, 0) is 6.42 Å². The molecule has 2 nitrogen and oxygen atoms in total. The van der Waals surface area contributed by atoms with Gasteiger partial charge in [-0.25, -0.2) is 4.98 Å². The smallest absolute Gasteiger partial charge is 0.0973 e. The molecule has 1 aromatic heterocycles. The van der Waals surface area contributed by atoms with Crippen LogP contribution in [0, 0.1) is 11.8 Å². The van der Waals surface area contributed by atoms with E-state index in [-0.39, 0.29) is 0 Å². The molecule has 0 N–H and O–H groups in total. The maximum absolute atomic E-state index is 4.98. The van der Waals surface area contributed by atoms with E-state index < -0.39 is 0 Å². The Morgan fingerprint density at radius 1 is 1.36 bits per heavy atom. The number of likely N-dealkylation sites (tertiary alicyclic amines) is 1. The van der Waals surface area contributed by atoms with Crippen LogP contribution in [0.5, 0.6) is 0 Å². The fraction of sp³-hybridized carbons (Fsp3) is 0.632. The quantitative estimate of drug-likeness (QED) is 0.794. The predicted octanol–water partition coefficient (Wildman–Crippen LogP) is 4.94. The number of hydrogen-bond acceptors (Lipinski definition) is 3. The Kier molecular flexibility index (Phi) is 4.84.